The molecule has 0 aliphatic heterocycles. The number of halogens is 5. The smallest absolute Gasteiger partial charge is 0.326 e. The lowest BCUT2D eigenvalue weighted by Gasteiger charge is -2.26. The number of ether oxygens (including phenoxy) is 1. The zero-order chi connectivity index (χ0) is 25.2. The van der Waals surface area contributed by atoms with Crippen molar-refractivity contribution in [1.29, 1.82) is 0 Å². The molecule has 9 heteroatoms. The lowest BCUT2D eigenvalue weighted by molar-refractivity contribution is -0.152. The molecule has 3 aromatic rings. The summed E-state index contributed by atoms with van der Waals surface area (Å²) in [5, 5.41) is 0. The van der Waals surface area contributed by atoms with Crippen molar-refractivity contribution in [3.05, 3.63) is 89.2 Å². The molecule has 0 N–H and O–H groups in total. The number of benzene rings is 3. The number of hydrogen-bond acceptors (Lipinski definition) is 3. The lowest BCUT2D eigenvalue weighted by Crippen LogP contribution is -2.39. The van der Waals surface area contributed by atoms with Crippen molar-refractivity contribution >= 4 is 17.6 Å². The van der Waals surface area contributed by atoms with Crippen molar-refractivity contribution in [1.82, 2.24) is 0 Å². The average molecular weight is 477 g/mol. The highest BCUT2D eigenvalue weighted by Crippen LogP contribution is 2.29. The maximum atomic E-state index is 14.4. The molecule has 0 radical (unpaired) electrons. The van der Waals surface area contributed by atoms with E-state index in [2.05, 4.69) is 0 Å². The van der Waals surface area contributed by atoms with E-state index < -0.39 is 58.7 Å². The highest BCUT2D eigenvalue weighted by Gasteiger charge is 2.29. The Kier molecular flexibility index (Phi) is 7.04. The molecular weight excluding hydrogens is 457 g/mol. The Balaban J connectivity index is 2.09. The summed E-state index contributed by atoms with van der Waals surface area (Å²) in [7, 11) is 0. The summed E-state index contributed by atoms with van der Waals surface area (Å²) in [6, 6.07) is 9.11. The predicted molar refractivity (Wildman–Crippen MR) is 116 cm³/mol. The molecule has 0 fully saturated rings. The first-order chi connectivity index (χ1) is 15.9. The maximum Gasteiger partial charge on any atom is 0.326 e. The molecule has 0 spiro atoms. The minimum Gasteiger partial charge on any atom is -0.459 e. The normalized spacial score (nSPS) is 11.3. The molecule has 3 rings (SSSR count). The fourth-order valence-electron chi connectivity index (χ4n) is 3.23. The zero-order valence-electron chi connectivity index (χ0n) is 18.5. The van der Waals surface area contributed by atoms with Gasteiger partial charge in [0.2, 0.25) is 0 Å². The number of nitrogens with zero attached hydrogens (tertiary/aromatic N) is 1. The summed E-state index contributed by atoms with van der Waals surface area (Å²) in [5.41, 5.74) is -1.83. The van der Waals surface area contributed by atoms with Gasteiger partial charge in [0.15, 0.2) is 0 Å². The van der Waals surface area contributed by atoms with Gasteiger partial charge in [0.1, 0.15) is 46.8 Å². The molecule has 1 amide bonds. The molecule has 3 aromatic carbocycles. The van der Waals surface area contributed by atoms with Gasteiger partial charge in [0, 0.05) is 29.4 Å². The van der Waals surface area contributed by atoms with Crippen LogP contribution in [-0.2, 0) is 9.53 Å². The zero-order valence-corrected chi connectivity index (χ0v) is 18.5. The van der Waals surface area contributed by atoms with Crippen LogP contribution in [0.2, 0.25) is 0 Å². The van der Waals surface area contributed by atoms with Crippen molar-refractivity contribution in [3.8, 4) is 11.1 Å². The summed E-state index contributed by atoms with van der Waals surface area (Å²) in [6.45, 7) is 4.03. The molecule has 0 bridgehead atoms. The van der Waals surface area contributed by atoms with Gasteiger partial charge < -0.3 is 4.74 Å². The van der Waals surface area contributed by atoms with E-state index in [1.54, 1.807) is 20.8 Å². The molecule has 0 saturated heterocycles. The topological polar surface area (TPSA) is 46.6 Å². The Morgan fingerprint density at radius 3 is 2.03 bits per heavy atom. The Morgan fingerprint density at radius 1 is 0.824 bits per heavy atom. The van der Waals surface area contributed by atoms with Gasteiger partial charge >= 0.3 is 5.97 Å². The Morgan fingerprint density at radius 2 is 1.44 bits per heavy atom. The van der Waals surface area contributed by atoms with Gasteiger partial charge in [-0.25, -0.2) is 22.0 Å². The van der Waals surface area contributed by atoms with Gasteiger partial charge in [-0.05, 0) is 50.6 Å². The number of carbonyl (C=O) groups excluding carboxylic acids is 2. The SMILES string of the molecule is CC(C)(C)OC(=O)CN(C(=O)c1c(F)cc(F)cc1F)c1cccc(-c2ccc(F)cc2F)c1. The molecular formula is C25H20F5NO3. The standard InChI is InChI=1S/C25H20F5NO3/c1-25(2,3)34-22(32)13-31(24(33)23-20(29)11-16(27)12-21(23)30)17-6-4-5-14(9-17)18-8-7-15(26)10-19(18)28/h4-12H,13H2,1-3H3. The first kappa shape index (κ1) is 24.9. The largest absolute Gasteiger partial charge is 0.459 e. The summed E-state index contributed by atoms with van der Waals surface area (Å²) in [4.78, 5) is 26.4. The average Bonchev–Trinajstić information content (AvgIpc) is 2.70. The molecule has 0 saturated carbocycles. The Labute approximate surface area is 192 Å². The van der Waals surface area contributed by atoms with Crippen LogP contribution in [0, 0.1) is 29.1 Å². The van der Waals surface area contributed by atoms with Crippen molar-refractivity contribution in [2.24, 2.45) is 0 Å². The fraction of sp³-hybridized carbons (Fsp3) is 0.200. The summed E-state index contributed by atoms with van der Waals surface area (Å²) in [5.74, 6) is -7.98. The highest BCUT2D eigenvalue weighted by atomic mass is 19.2. The van der Waals surface area contributed by atoms with Crippen LogP contribution < -0.4 is 4.90 Å². The third kappa shape index (κ3) is 5.78. The van der Waals surface area contributed by atoms with Gasteiger partial charge in [0.05, 0.1) is 0 Å². The molecule has 0 heterocycles. The van der Waals surface area contributed by atoms with Gasteiger partial charge in [-0.15, -0.1) is 0 Å². The fourth-order valence-corrected chi connectivity index (χ4v) is 3.23. The second-order valence-electron chi connectivity index (χ2n) is 8.40. The van der Waals surface area contributed by atoms with E-state index in [-0.39, 0.29) is 16.8 Å². The minimum atomic E-state index is -1.46. The Hall–Kier alpha value is -3.75. The molecule has 0 aliphatic rings. The van der Waals surface area contributed by atoms with Crippen LogP contribution in [0.1, 0.15) is 31.1 Å². The van der Waals surface area contributed by atoms with Crippen molar-refractivity contribution in [3.63, 3.8) is 0 Å². The van der Waals surface area contributed by atoms with E-state index in [0.29, 0.717) is 18.2 Å². The number of amides is 1. The molecule has 0 unspecified atom stereocenters. The second-order valence-corrected chi connectivity index (χ2v) is 8.40. The van der Waals surface area contributed by atoms with Crippen LogP contribution in [0.4, 0.5) is 27.6 Å². The summed E-state index contributed by atoms with van der Waals surface area (Å²) < 4.78 is 74.9. The van der Waals surface area contributed by atoms with E-state index in [0.717, 1.165) is 11.0 Å². The van der Waals surface area contributed by atoms with Gasteiger partial charge in [0.25, 0.3) is 5.91 Å². The van der Waals surface area contributed by atoms with E-state index in [9.17, 15) is 31.5 Å². The number of carbonyl (C=O) groups is 2. The van der Waals surface area contributed by atoms with E-state index in [1.165, 1.54) is 30.3 Å². The maximum absolute atomic E-state index is 14.4. The quantitative estimate of drug-likeness (QED) is 0.333. The van der Waals surface area contributed by atoms with Crippen molar-refractivity contribution in [2.75, 3.05) is 11.4 Å². The van der Waals surface area contributed by atoms with E-state index in [1.807, 2.05) is 0 Å². The predicted octanol–water partition coefficient (Wildman–Crippen LogP) is 6.04. The number of hydrogen-bond donors (Lipinski definition) is 0. The third-order valence-electron chi connectivity index (χ3n) is 4.57. The lowest BCUT2D eigenvalue weighted by atomic mass is 10.0. The minimum absolute atomic E-state index is 0.00735. The Bertz CT molecular complexity index is 1230. The molecule has 0 aliphatic carbocycles. The monoisotopic (exact) mass is 477 g/mol. The number of rotatable bonds is 5. The van der Waals surface area contributed by atoms with Crippen LogP contribution in [0.5, 0.6) is 0 Å². The van der Waals surface area contributed by atoms with Crippen molar-refractivity contribution in [2.45, 2.75) is 26.4 Å². The van der Waals surface area contributed by atoms with Crippen LogP contribution in [-0.4, -0.2) is 24.0 Å². The van der Waals surface area contributed by atoms with Crippen molar-refractivity contribution < 1.29 is 36.3 Å². The second kappa shape index (κ2) is 9.62. The van der Waals surface area contributed by atoms with Gasteiger partial charge in [-0.3, -0.25) is 14.5 Å². The number of anilines is 1. The summed E-state index contributed by atoms with van der Waals surface area (Å²) in [6.07, 6.45) is 0. The van der Waals surface area contributed by atoms with Crippen LogP contribution >= 0.6 is 0 Å². The first-order valence-corrected chi connectivity index (χ1v) is 10.1. The molecule has 0 atom stereocenters. The van der Waals surface area contributed by atoms with Crippen LogP contribution in [0.25, 0.3) is 11.1 Å². The van der Waals surface area contributed by atoms with Crippen LogP contribution in [0.3, 0.4) is 0 Å². The van der Waals surface area contributed by atoms with E-state index >= 15 is 0 Å². The van der Waals surface area contributed by atoms with E-state index in [4.69, 9.17) is 4.74 Å². The molecule has 0 aromatic heterocycles. The van der Waals surface area contributed by atoms with Gasteiger partial charge in [-0.1, -0.05) is 12.1 Å². The third-order valence-corrected chi connectivity index (χ3v) is 4.57. The molecule has 34 heavy (non-hydrogen) atoms. The molecule has 178 valence electrons. The van der Waals surface area contributed by atoms with Crippen LogP contribution in [0.15, 0.2) is 54.6 Å². The first-order valence-electron chi connectivity index (χ1n) is 10.1. The summed E-state index contributed by atoms with van der Waals surface area (Å²) >= 11 is 0. The number of esters is 1. The highest BCUT2D eigenvalue weighted by molar-refractivity contribution is 6.09. The van der Waals surface area contributed by atoms with Gasteiger partial charge in [-0.2, -0.15) is 0 Å². The molecule has 4 nitrogen and oxygen atoms in total.